The molecule has 0 aliphatic carbocycles. The van der Waals surface area contributed by atoms with Crippen LogP contribution >= 0.6 is 0 Å². The molecule has 2 aromatic carbocycles. The third-order valence-electron chi connectivity index (χ3n) is 5.74. The summed E-state index contributed by atoms with van der Waals surface area (Å²) in [5.74, 6) is 0.355. The Bertz CT molecular complexity index is 1020. The molecule has 1 atom stereocenters. The predicted octanol–water partition coefficient (Wildman–Crippen LogP) is 4.75. The van der Waals surface area contributed by atoms with Gasteiger partial charge in [0.1, 0.15) is 17.4 Å². The van der Waals surface area contributed by atoms with E-state index in [1.807, 2.05) is 30.3 Å². The number of carbonyl (C=O) groups excluding carboxylic acids is 2. The number of carbonyl (C=O) groups is 2. The van der Waals surface area contributed by atoms with Gasteiger partial charge in [0.05, 0.1) is 0 Å². The molecule has 1 N–H and O–H groups in total. The minimum atomic E-state index is -0.494. The maximum absolute atomic E-state index is 12.7. The molecule has 1 aliphatic heterocycles. The van der Waals surface area contributed by atoms with Crippen LogP contribution in [0.4, 0.5) is 5.69 Å². The Balaban J connectivity index is 1.69. The molecule has 0 saturated carbocycles. The molecule has 2 amide bonds. The van der Waals surface area contributed by atoms with Gasteiger partial charge in [0.15, 0.2) is 6.61 Å². The van der Waals surface area contributed by atoms with E-state index in [-0.39, 0.29) is 18.1 Å². The van der Waals surface area contributed by atoms with Crippen molar-refractivity contribution < 1.29 is 14.3 Å². The molecule has 32 heavy (non-hydrogen) atoms. The molecule has 6 nitrogen and oxygen atoms in total. The number of hydrogen-bond donors (Lipinski definition) is 1. The van der Waals surface area contributed by atoms with E-state index in [4.69, 9.17) is 4.74 Å². The van der Waals surface area contributed by atoms with Gasteiger partial charge in [0.2, 0.25) is 0 Å². The largest absolute Gasteiger partial charge is 0.483 e. The van der Waals surface area contributed by atoms with E-state index in [2.05, 4.69) is 19.2 Å². The SMILES string of the molecule is CCC(C)c1ccc(NC(=O)/C(C#N)=C/c2ccccc2OCC(=O)N2CCCC2)cc1. The van der Waals surface area contributed by atoms with E-state index in [1.165, 1.54) is 11.6 Å². The van der Waals surface area contributed by atoms with Crippen LogP contribution in [-0.2, 0) is 9.59 Å². The molecule has 1 unspecified atom stereocenters. The van der Waals surface area contributed by atoms with Crippen LogP contribution in [0.2, 0.25) is 0 Å². The van der Waals surface area contributed by atoms with Crippen molar-refractivity contribution in [1.29, 1.82) is 5.26 Å². The minimum absolute atomic E-state index is 0.0436. The van der Waals surface area contributed by atoms with Gasteiger partial charge in [-0.15, -0.1) is 0 Å². The molecule has 166 valence electrons. The number of benzene rings is 2. The van der Waals surface area contributed by atoms with Crippen molar-refractivity contribution in [2.45, 2.75) is 39.0 Å². The van der Waals surface area contributed by atoms with Crippen molar-refractivity contribution in [3.8, 4) is 11.8 Å². The van der Waals surface area contributed by atoms with Crippen LogP contribution in [-0.4, -0.2) is 36.4 Å². The molecule has 3 rings (SSSR count). The van der Waals surface area contributed by atoms with Crippen LogP contribution in [0.3, 0.4) is 0 Å². The summed E-state index contributed by atoms with van der Waals surface area (Å²) in [5, 5.41) is 12.3. The lowest BCUT2D eigenvalue weighted by molar-refractivity contribution is -0.132. The number of amides is 2. The second-order valence-electron chi connectivity index (χ2n) is 7.97. The van der Waals surface area contributed by atoms with Gasteiger partial charge in [-0.25, -0.2) is 0 Å². The van der Waals surface area contributed by atoms with Crippen LogP contribution in [0.25, 0.3) is 6.08 Å². The first-order chi connectivity index (χ1) is 15.5. The highest BCUT2D eigenvalue weighted by molar-refractivity contribution is 6.09. The van der Waals surface area contributed by atoms with Crippen LogP contribution in [0, 0.1) is 11.3 Å². The normalized spacial score (nSPS) is 14.5. The van der Waals surface area contributed by atoms with Gasteiger partial charge < -0.3 is 15.0 Å². The summed E-state index contributed by atoms with van der Waals surface area (Å²) >= 11 is 0. The molecule has 0 spiro atoms. The highest BCUT2D eigenvalue weighted by Gasteiger charge is 2.19. The van der Waals surface area contributed by atoms with Crippen molar-refractivity contribution in [3.05, 3.63) is 65.2 Å². The maximum atomic E-state index is 12.7. The van der Waals surface area contributed by atoms with Crippen molar-refractivity contribution in [3.63, 3.8) is 0 Å². The summed E-state index contributed by atoms with van der Waals surface area (Å²) in [5.41, 5.74) is 2.36. The number of nitrogens with zero attached hydrogens (tertiary/aromatic N) is 2. The van der Waals surface area contributed by atoms with E-state index >= 15 is 0 Å². The third-order valence-corrected chi connectivity index (χ3v) is 5.74. The van der Waals surface area contributed by atoms with Gasteiger partial charge in [-0.1, -0.05) is 44.2 Å². The Kier molecular flexibility index (Phi) is 8.04. The van der Waals surface area contributed by atoms with E-state index in [1.54, 1.807) is 29.2 Å². The summed E-state index contributed by atoms with van der Waals surface area (Å²) in [4.78, 5) is 26.7. The van der Waals surface area contributed by atoms with E-state index in [0.717, 1.165) is 32.4 Å². The van der Waals surface area contributed by atoms with Crippen molar-refractivity contribution in [2.24, 2.45) is 0 Å². The number of likely N-dealkylation sites (tertiary alicyclic amines) is 1. The Labute approximate surface area is 189 Å². The van der Waals surface area contributed by atoms with Crippen LogP contribution in [0.1, 0.15) is 50.2 Å². The minimum Gasteiger partial charge on any atom is -0.483 e. The summed E-state index contributed by atoms with van der Waals surface area (Å²) in [6.07, 6.45) is 4.56. The number of nitrogens with one attached hydrogen (secondary N) is 1. The number of ether oxygens (including phenoxy) is 1. The molecular weight excluding hydrogens is 402 g/mol. The number of rotatable bonds is 8. The first-order valence-electron chi connectivity index (χ1n) is 11.0. The Morgan fingerprint density at radius 1 is 1.16 bits per heavy atom. The lowest BCUT2D eigenvalue weighted by Gasteiger charge is -2.16. The fourth-order valence-corrected chi connectivity index (χ4v) is 3.56. The second kappa shape index (κ2) is 11.1. The number of anilines is 1. The third kappa shape index (κ3) is 5.98. The molecule has 1 heterocycles. The van der Waals surface area contributed by atoms with Gasteiger partial charge in [-0.05, 0) is 55.0 Å². The quantitative estimate of drug-likeness (QED) is 0.483. The van der Waals surface area contributed by atoms with E-state index < -0.39 is 5.91 Å². The van der Waals surface area contributed by atoms with Crippen molar-refractivity contribution in [1.82, 2.24) is 4.90 Å². The van der Waals surface area contributed by atoms with Gasteiger partial charge in [-0.2, -0.15) is 5.26 Å². The highest BCUT2D eigenvalue weighted by Crippen LogP contribution is 2.23. The van der Waals surface area contributed by atoms with Gasteiger partial charge >= 0.3 is 0 Å². The Morgan fingerprint density at radius 2 is 1.84 bits per heavy atom. The molecule has 1 aliphatic rings. The molecule has 0 aromatic heterocycles. The molecule has 6 heteroatoms. The van der Waals surface area contributed by atoms with Gasteiger partial charge in [0, 0.05) is 24.3 Å². The molecule has 1 saturated heterocycles. The van der Waals surface area contributed by atoms with Crippen molar-refractivity contribution >= 4 is 23.6 Å². The average Bonchev–Trinajstić information content (AvgIpc) is 3.36. The lowest BCUT2D eigenvalue weighted by atomic mass is 9.98. The lowest BCUT2D eigenvalue weighted by Crippen LogP contribution is -2.32. The van der Waals surface area contributed by atoms with E-state index in [0.29, 0.717) is 22.9 Å². The molecule has 0 bridgehead atoms. The topological polar surface area (TPSA) is 82.4 Å². The van der Waals surface area contributed by atoms with Crippen LogP contribution < -0.4 is 10.1 Å². The monoisotopic (exact) mass is 431 g/mol. The zero-order chi connectivity index (χ0) is 22.9. The Morgan fingerprint density at radius 3 is 2.50 bits per heavy atom. The van der Waals surface area contributed by atoms with Crippen LogP contribution in [0.15, 0.2) is 54.1 Å². The summed E-state index contributed by atoms with van der Waals surface area (Å²) in [7, 11) is 0. The van der Waals surface area contributed by atoms with Gasteiger partial charge in [0.25, 0.3) is 11.8 Å². The predicted molar refractivity (Wildman–Crippen MR) is 125 cm³/mol. The second-order valence-corrected chi connectivity index (χ2v) is 7.97. The molecule has 0 radical (unpaired) electrons. The fourth-order valence-electron chi connectivity index (χ4n) is 3.56. The molecule has 1 fully saturated rings. The standard InChI is InChI=1S/C26H29N3O3/c1-3-19(2)20-10-12-23(13-11-20)28-26(31)22(17-27)16-21-8-4-5-9-24(21)32-18-25(30)29-14-6-7-15-29/h4-5,8-13,16,19H,3,6-7,14-15,18H2,1-2H3,(H,28,31)/b22-16+. The van der Waals surface area contributed by atoms with Gasteiger partial charge in [-0.3, -0.25) is 9.59 Å². The average molecular weight is 432 g/mol. The van der Waals surface area contributed by atoms with E-state index in [9.17, 15) is 14.9 Å². The first-order valence-corrected chi connectivity index (χ1v) is 11.0. The maximum Gasteiger partial charge on any atom is 0.266 e. The zero-order valence-electron chi connectivity index (χ0n) is 18.6. The number of para-hydroxylation sites is 1. The molecular formula is C26H29N3O3. The van der Waals surface area contributed by atoms with Crippen LogP contribution in [0.5, 0.6) is 5.75 Å². The summed E-state index contributed by atoms with van der Waals surface area (Å²) in [6, 6.07) is 16.7. The van der Waals surface area contributed by atoms with Crippen molar-refractivity contribution in [2.75, 3.05) is 25.0 Å². The summed E-state index contributed by atoms with van der Waals surface area (Å²) < 4.78 is 5.72. The first kappa shape index (κ1) is 23.1. The highest BCUT2D eigenvalue weighted by atomic mass is 16.5. The smallest absolute Gasteiger partial charge is 0.266 e. The number of hydrogen-bond acceptors (Lipinski definition) is 4. The molecule has 2 aromatic rings. The fraction of sp³-hybridized carbons (Fsp3) is 0.346. The Hall–Kier alpha value is -3.59. The zero-order valence-corrected chi connectivity index (χ0v) is 18.6. The number of nitriles is 1. The summed E-state index contributed by atoms with van der Waals surface area (Å²) in [6.45, 7) is 5.75.